The van der Waals surface area contributed by atoms with Gasteiger partial charge >= 0.3 is 0 Å². The summed E-state index contributed by atoms with van der Waals surface area (Å²) in [6.45, 7) is 9.79. The van der Waals surface area contributed by atoms with E-state index in [9.17, 15) is 9.59 Å². The van der Waals surface area contributed by atoms with Gasteiger partial charge in [-0.25, -0.2) is 0 Å². The second kappa shape index (κ2) is 11.0. The van der Waals surface area contributed by atoms with Crippen LogP contribution in [-0.2, 0) is 16.1 Å². The Hall–Kier alpha value is -2.53. The summed E-state index contributed by atoms with van der Waals surface area (Å²) in [6, 6.07) is 12.6. The average molecular weight is 431 g/mol. The third-order valence-electron chi connectivity index (χ3n) is 4.91. The number of hydrogen-bond acceptors (Lipinski definition) is 3. The van der Waals surface area contributed by atoms with E-state index in [0.717, 1.165) is 16.7 Å². The number of nitrogens with zero attached hydrogens (tertiary/aromatic N) is 1. The van der Waals surface area contributed by atoms with Crippen LogP contribution in [0.5, 0.6) is 5.75 Å². The van der Waals surface area contributed by atoms with Crippen molar-refractivity contribution < 1.29 is 14.3 Å². The fraction of sp³-hybridized carbons (Fsp3) is 0.417. The molecule has 0 fully saturated rings. The Labute approximate surface area is 184 Å². The number of benzene rings is 2. The molecular weight excluding hydrogens is 400 g/mol. The van der Waals surface area contributed by atoms with Gasteiger partial charge in [-0.15, -0.1) is 0 Å². The lowest BCUT2D eigenvalue weighted by Crippen LogP contribution is -2.51. The van der Waals surface area contributed by atoms with Gasteiger partial charge in [0.05, 0.1) is 0 Å². The zero-order valence-corrected chi connectivity index (χ0v) is 19.1. The van der Waals surface area contributed by atoms with Crippen molar-refractivity contribution in [2.24, 2.45) is 0 Å². The Bertz CT molecular complexity index is 883. The van der Waals surface area contributed by atoms with Gasteiger partial charge in [0.15, 0.2) is 6.61 Å². The van der Waals surface area contributed by atoms with Crippen LogP contribution in [0.4, 0.5) is 0 Å². The normalized spacial score (nSPS) is 11.8. The number of rotatable bonds is 9. The van der Waals surface area contributed by atoms with E-state index in [1.807, 2.05) is 58.9 Å². The third-order valence-corrected chi connectivity index (χ3v) is 5.33. The third kappa shape index (κ3) is 6.49. The van der Waals surface area contributed by atoms with Crippen LogP contribution in [0, 0.1) is 13.8 Å². The zero-order valence-electron chi connectivity index (χ0n) is 18.4. The minimum Gasteiger partial charge on any atom is -0.484 e. The van der Waals surface area contributed by atoms with Gasteiger partial charge < -0.3 is 15.0 Å². The number of halogens is 1. The second-order valence-corrected chi connectivity index (χ2v) is 8.14. The number of nitrogens with one attached hydrogen (secondary N) is 1. The first-order valence-electron chi connectivity index (χ1n) is 10.3. The molecule has 0 radical (unpaired) electrons. The number of ether oxygens (including phenoxy) is 1. The van der Waals surface area contributed by atoms with Crippen molar-refractivity contribution in [3.8, 4) is 5.75 Å². The summed E-state index contributed by atoms with van der Waals surface area (Å²) >= 11 is 6.06. The molecule has 0 aliphatic carbocycles. The molecule has 0 saturated carbocycles. The van der Waals surface area contributed by atoms with Gasteiger partial charge in [-0.3, -0.25) is 9.59 Å². The summed E-state index contributed by atoms with van der Waals surface area (Å²) in [4.78, 5) is 27.6. The molecule has 5 nitrogen and oxygen atoms in total. The van der Waals surface area contributed by atoms with Crippen LogP contribution in [0.2, 0.25) is 5.02 Å². The maximum atomic E-state index is 13.2. The van der Waals surface area contributed by atoms with E-state index in [2.05, 4.69) is 5.32 Å². The van der Waals surface area contributed by atoms with Crippen LogP contribution in [0.15, 0.2) is 42.5 Å². The molecule has 162 valence electrons. The zero-order chi connectivity index (χ0) is 22.3. The molecule has 0 heterocycles. The van der Waals surface area contributed by atoms with E-state index >= 15 is 0 Å². The average Bonchev–Trinajstić information content (AvgIpc) is 2.69. The second-order valence-electron chi connectivity index (χ2n) is 7.74. The molecule has 2 amide bonds. The maximum Gasteiger partial charge on any atom is 0.261 e. The first-order valence-corrected chi connectivity index (χ1v) is 10.6. The minimum absolute atomic E-state index is 0.00439. The number of aryl methyl sites for hydroxylation is 2. The lowest BCUT2D eigenvalue weighted by Gasteiger charge is -2.31. The van der Waals surface area contributed by atoms with Crippen molar-refractivity contribution in [3.63, 3.8) is 0 Å². The topological polar surface area (TPSA) is 58.6 Å². The molecule has 2 aromatic carbocycles. The van der Waals surface area contributed by atoms with Gasteiger partial charge in [0.1, 0.15) is 11.8 Å². The highest BCUT2D eigenvalue weighted by atomic mass is 35.5. The Morgan fingerprint density at radius 1 is 1.10 bits per heavy atom. The molecule has 0 unspecified atom stereocenters. The van der Waals surface area contributed by atoms with E-state index in [1.54, 1.807) is 23.1 Å². The fourth-order valence-electron chi connectivity index (χ4n) is 3.21. The SMILES string of the molecule is CC[C@@H](C(=O)NC(C)C)N(Cc1ccccc1C)C(=O)COc1ccc(Cl)c(C)c1. The van der Waals surface area contributed by atoms with Crippen molar-refractivity contribution in [1.29, 1.82) is 0 Å². The van der Waals surface area contributed by atoms with Crippen molar-refractivity contribution in [3.05, 3.63) is 64.2 Å². The summed E-state index contributed by atoms with van der Waals surface area (Å²) in [7, 11) is 0. The summed E-state index contributed by atoms with van der Waals surface area (Å²) in [5.41, 5.74) is 2.95. The summed E-state index contributed by atoms with van der Waals surface area (Å²) in [5.74, 6) is 0.175. The smallest absolute Gasteiger partial charge is 0.261 e. The van der Waals surface area contributed by atoms with E-state index < -0.39 is 6.04 Å². The maximum absolute atomic E-state index is 13.2. The first-order chi connectivity index (χ1) is 14.2. The van der Waals surface area contributed by atoms with E-state index in [4.69, 9.17) is 16.3 Å². The Balaban J connectivity index is 2.23. The summed E-state index contributed by atoms with van der Waals surface area (Å²) < 4.78 is 5.73. The highest BCUT2D eigenvalue weighted by Gasteiger charge is 2.29. The van der Waals surface area contributed by atoms with E-state index in [-0.39, 0.29) is 24.5 Å². The fourth-order valence-corrected chi connectivity index (χ4v) is 3.32. The van der Waals surface area contributed by atoms with Crippen molar-refractivity contribution >= 4 is 23.4 Å². The molecule has 2 aromatic rings. The van der Waals surface area contributed by atoms with Crippen LogP contribution in [0.1, 0.15) is 43.9 Å². The van der Waals surface area contributed by atoms with Gasteiger partial charge in [0.25, 0.3) is 5.91 Å². The standard InChI is InChI=1S/C24H31ClN2O3/c1-6-22(24(29)26-16(2)3)27(14-19-10-8-7-9-17(19)4)23(28)15-30-20-11-12-21(25)18(5)13-20/h7-13,16,22H,6,14-15H2,1-5H3,(H,26,29)/t22-/m0/s1. The number of carbonyl (C=O) groups excluding carboxylic acids is 2. The molecule has 30 heavy (non-hydrogen) atoms. The van der Waals surface area contributed by atoms with Crippen LogP contribution in [0.3, 0.4) is 0 Å². The van der Waals surface area contributed by atoms with Crippen molar-refractivity contribution in [2.75, 3.05) is 6.61 Å². The Morgan fingerprint density at radius 3 is 2.40 bits per heavy atom. The van der Waals surface area contributed by atoms with Crippen molar-refractivity contribution in [2.45, 2.75) is 59.7 Å². The first kappa shape index (κ1) is 23.7. The molecule has 0 aromatic heterocycles. The van der Waals surface area contributed by atoms with Crippen LogP contribution >= 0.6 is 11.6 Å². The largest absolute Gasteiger partial charge is 0.484 e. The summed E-state index contributed by atoms with van der Waals surface area (Å²) in [5, 5.41) is 3.57. The molecule has 1 N–H and O–H groups in total. The predicted molar refractivity (Wildman–Crippen MR) is 121 cm³/mol. The van der Waals surface area contributed by atoms with E-state index in [0.29, 0.717) is 23.7 Å². The molecule has 1 atom stereocenters. The molecule has 2 rings (SSSR count). The highest BCUT2D eigenvalue weighted by Crippen LogP contribution is 2.21. The quantitative estimate of drug-likeness (QED) is 0.629. The molecule has 0 bridgehead atoms. The van der Waals surface area contributed by atoms with Crippen LogP contribution in [-0.4, -0.2) is 35.4 Å². The number of carbonyl (C=O) groups is 2. The predicted octanol–water partition coefficient (Wildman–Crippen LogP) is 4.67. The van der Waals surface area contributed by atoms with Gasteiger partial charge in [-0.05, 0) is 69.0 Å². The van der Waals surface area contributed by atoms with Crippen LogP contribution in [0.25, 0.3) is 0 Å². The number of hydrogen-bond donors (Lipinski definition) is 1. The van der Waals surface area contributed by atoms with Crippen molar-refractivity contribution in [1.82, 2.24) is 10.2 Å². The lowest BCUT2D eigenvalue weighted by molar-refractivity contribution is -0.143. The van der Waals surface area contributed by atoms with E-state index in [1.165, 1.54) is 0 Å². The minimum atomic E-state index is -0.574. The molecular formula is C24H31ClN2O3. The van der Waals surface area contributed by atoms with Gasteiger partial charge in [-0.2, -0.15) is 0 Å². The number of amides is 2. The molecule has 6 heteroatoms. The van der Waals surface area contributed by atoms with Crippen LogP contribution < -0.4 is 10.1 Å². The lowest BCUT2D eigenvalue weighted by atomic mass is 10.1. The van der Waals surface area contributed by atoms with Gasteiger partial charge in [0.2, 0.25) is 5.91 Å². The highest BCUT2D eigenvalue weighted by molar-refractivity contribution is 6.31. The molecule has 0 spiro atoms. The van der Waals surface area contributed by atoms with Gasteiger partial charge in [0, 0.05) is 17.6 Å². The Kier molecular flexibility index (Phi) is 8.72. The summed E-state index contributed by atoms with van der Waals surface area (Å²) in [6.07, 6.45) is 0.510. The monoisotopic (exact) mass is 430 g/mol. The van der Waals surface area contributed by atoms with Gasteiger partial charge in [-0.1, -0.05) is 42.8 Å². The Morgan fingerprint density at radius 2 is 1.80 bits per heavy atom. The molecule has 0 aliphatic heterocycles. The molecule has 0 saturated heterocycles. The molecule has 0 aliphatic rings.